The summed E-state index contributed by atoms with van der Waals surface area (Å²) >= 11 is 0. The minimum absolute atomic E-state index is 0.161. The topological polar surface area (TPSA) is 68.3 Å². The zero-order valence-corrected chi connectivity index (χ0v) is 7.03. The van der Waals surface area contributed by atoms with E-state index in [9.17, 15) is 10.1 Å². The molecule has 0 aromatic carbocycles. The lowest BCUT2D eigenvalue weighted by Crippen LogP contribution is -2.11. The first-order valence-electron chi connectivity index (χ1n) is 4.25. The molecule has 5 heteroatoms. The molecule has 70 valence electrons. The van der Waals surface area contributed by atoms with Crippen LogP contribution < -0.4 is 5.32 Å². The summed E-state index contributed by atoms with van der Waals surface area (Å²) in [5.74, 6) is 0.493. The molecule has 0 amide bonds. The molecule has 2 rings (SSSR count). The molecule has 1 aliphatic heterocycles. The van der Waals surface area contributed by atoms with Crippen molar-refractivity contribution in [2.45, 2.75) is 18.9 Å². The molecule has 0 saturated carbocycles. The zero-order valence-electron chi connectivity index (χ0n) is 7.03. The van der Waals surface area contributed by atoms with Crippen LogP contribution in [0.15, 0.2) is 16.5 Å². The molecule has 0 spiro atoms. The fraction of sp³-hybridized carbons (Fsp3) is 0.500. The van der Waals surface area contributed by atoms with Gasteiger partial charge in [0.1, 0.15) is 10.7 Å². The molecule has 1 unspecified atom stereocenters. The van der Waals surface area contributed by atoms with Crippen molar-refractivity contribution in [2.75, 3.05) is 6.54 Å². The van der Waals surface area contributed by atoms with Gasteiger partial charge in [-0.05, 0) is 25.5 Å². The predicted octanol–water partition coefficient (Wildman–Crippen LogP) is 1.61. The molecule has 1 aliphatic rings. The zero-order chi connectivity index (χ0) is 9.26. The van der Waals surface area contributed by atoms with Gasteiger partial charge in [0.15, 0.2) is 0 Å². The van der Waals surface area contributed by atoms with E-state index in [-0.39, 0.29) is 11.9 Å². The van der Waals surface area contributed by atoms with Crippen molar-refractivity contribution >= 4 is 5.88 Å². The molecule has 0 aliphatic carbocycles. The summed E-state index contributed by atoms with van der Waals surface area (Å²) in [6.07, 6.45) is 2.09. The van der Waals surface area contributed by atoms with Crippen LogP contribution in [0.2, 0.25) is 0 Å². The number of nitro groups is 1. The van der Waals surface area contributed by atoms with E-state index in [0.29, 0.717) is 5.76 Å². The van der Waals surface area contributed by atoms with Crippen LogP contribution in [0.5, 0.6) is 0 Å². The second-order valence-electron chi connectivity index (χ2n) is 3.08. The molecule has 5 nitrogen and oxygen atoms in total. The van der Waals surface area contributed by atoms with Crippen LogP contribution in [0, 0.1) is 10.1 Å². The van der Waals surface area contributed by atoms with Crippen LogP contribution in [-0.4, -0.2) is 11.5 Å². The molecule has 1 N–H and O–H groups in total. The molecular weight excluding hydrogens is 172 g/mol. The lowest BCUT2D eigenvalue weighted by atomic mass is 10.2. The summed E-state index contributed by atoms with van der Waals surface area (Å²) in [5, 5.41) is 13.5. The van der Waals surface area contributed by atoms with Crippen LogP contribution in [0.3, 0.4) is 0 Å². The van der Waals surface area contributed by atoms with Gasteiger partial charge < -0.3 is 9.73 Å². The first kappa shape index (κ1) is 8.25. The maximum atomic E-state index is 10.3. The van der Waals surface area contributed by atoms with E-state index in [0.717, 1.165) is 19.4 Å². The van der Waals surface area contributed by atoms with E-state index < -0.39 is 4.92 Å². The minimum atomic E-state index is -0.515. The summed E-state index contributed by atoms with van der Waals surface area (Å²) in [4.78, 5) is 9.81. The molecule has 1 fully saturated rings. The van der Waals surface area contributed by atoms with Gasteiger partial charge >= 0.3 is 5.88 Å². The Kier molecular flexibility index (Phi) is 2.02. The van der Waals surface area contributed by atoms with Crippen molar-refractivity contribution in [3.05, 3.63) is 28.0 Å². The van der Waals surface area contributed by atoms with E-state index in [2.05, 4.69) is 5.32 Å². The van der Waals surface area contributed by atoms with Gasteiger partial charge in [-0.1, -0.05) is 0 Å². The van der Waals surface area contributed by atoms with Crippen LogP contribution in [0.25, 0.3) is 0 Å². The van der Waals surface area contributed by atoms with E-state index in [1.54, 1.807) is 6.07 Å². The van der Waals surface area contributed by atoms with Crippen LogP contribution in [-0.2, 0) is 0 Å². The van der Waals surface area contributed by atoms with Gasteiger partial charge in [0, 0.05) is 0 Å². The Morgan fingerprint density at radius 3 is 3.00 bits per heavy atom. The Balaban J connectivity index is 2.16. The van der Waals surface area contributed by atoms with Gasteiger partial charge in [-0.15, -0.1) is 0 Å². The summed E-state index contributed by atoms with van der Waals surface area (Å²) in [7, 11) is 0. The Morgan fingerprint density at radius 2 is 2.46 bits per heavy atom. The maximum Gasteiger partial charge on any atom is 0.433 e. The van der Waals surface area contributed by atoms with Gasteiger partial charge in [0.25, 0.3) is 0 Å². The molecule has 0 radical (unpaired) electrons. The maximum absolute atomic E-state index is 10.3. The third-order valence-electron chi connectivity index (χ3n) is 2.20. The lowest BCUT2D eigenvalue weighted by Gasteiger charge is -2.03. The van der Waals surface area contributed by atoms with Crippen molar-refractivity contribution in [1.29, 1.82) is 0 Å². The Morgan fingerprint density at radius 1 is 1.62 bits per heavy atom. The van der Waals surface area contributed by atoms with Crippen molar-refractivity contribution < 1.29 is 9.34 Å². The van der Waals surface area contributed by atoms with Gasteiger partial charge in [0.05, 0.1) is 12.1 Å². The standard InChI is InChI=1S/C8H10N2O3/c11-10(12)8-4-3-7(13-8)6-2-1-5-9-6/h3-4,6,9H,1-2,5H2. The number of hydrogen-bond donors (Lipinski definition) is 1. The van der Waals surface area contributed by atoms with Crippen molar-refractivity contribution in [3.63, 3.8) is 0 Å². The van der Waals surface area contributed by atoms with Crippen molar-refractivity contribution in [3.8, 4) is 0 Å². The first-order valence-corrected chi connectivity index (χ1v) is 4.25. The van der Waals surface area contributed by atoms with E-state index in [1.807, 2.05) is 0 Å². The fourth-order valence-corrected chi connectivity index (χ4v) is 1.56. The molecule has 1 saturated heterocycles. The third kappa shape index (κ3) is 1.55. The number of nitrogens with zero attached hydrogens (tertiary/aromatic N) is 1. The Bertz CT molecular complexity index is 315. The monoisotopic (exact) mass is 182 g/mol. The fourth-order valence-electron chi connectivity index (χ4n) is 1.56. The SMILES string of the molecule is O=[N+]([O-])c1ccc(C2CCCN2)o1. The molecule has 2 heterocycles. The molecule has 13 heavy (non-hydrogen) atoms. The quantitative estimate of drug-likeness (QED) is 0.557. The molecule has 1 aromatic heterocycles. The van der Waals surface area contributed by atoms with Crippen LogP contribution in [0.1, 0.15) is 24.6 Å². The average molecular weight is 182 g/mol. The highest BCUT2D eigenvalue weighted by atomic mass is 16.6. The highest BCUT2D eigenvalue weighted by molar-refractivity contribution is 5.20. The first-order chi connectivity index (χ1) is 6.27. The lowest BCUT2D eigenvalue weighted by molar-refractivity contribution is -0.402. The van der Waals surface area contributed by atoms with E-state index >= 15 is 0 Å². The van der Waals surface area contributed by atoms with E-state index in [1.165, 1.54) is 6.07 Å². The Labute approximate surface area is 74.9 Å². The van der Waals surface area contributed by atoms with Gasteiger partial charge in [-0.3, -0.25) is 10.1 Å². The minimum Gasteiger partial charge on any atom is -0.404 e. The van der Waals surface area contributed by atoms with Crippen molar-refractivity contribution in [2.24, 2.45) is 0 Å². The number of nitrogens with one attached hydrogen (secondary N) is 1. The van der Waals surface area contributed by atoms with E-state index in [4.69, 9.17) is 4.42 Å². The summed E-state index contributed by atoms with van der Waals surface area (Å²) < 4.78 is 5.07. The van der Waals surface area contributed by atoms with Gasteiger partial charge in [-0.25, -0.2) is 0 Å². The van der Waals surface area contributed by atoms with Crippen LogP contribution >= 0.6 is 0 Å². The van der Waals surface area contributed by atoms with Crippen molar-refractivity contribution in [1.82, 2.24) is 5.32 Å². The largest absolute Gasteiger partial charge is 0.433 e. The second-order valence-corrected chi connectivity index (χ2v) is 3.08. The van der Waals surface area contributed by atoms with Gasteiger partial charge in [0.2, 0.25) is 0 Å². The summed E-state index contributed by atoms with van der Waals surface area (Å²) in [6.45, 7) is 0.958. The highest BCUT2D eigenvalue weighted by Gasteiger charge is 2.22. The predicted molar refractivity (Wildman–Crippen MR) is 45.3 cm³/mol. The number of furan rings is 1. The molecule has 0 bridgehead atoms. The normalized spacial score (nSPS) is 22.0. The molecule has 1 aromatic rings. The number of rotatable bonds is 2. The Hall–Kier alpha value is -1.36. The number of hydrogen-bond acceptors (Lipinski definition) is 4. The molecular formula is C8H10N2O3. The third-order valence-corrected chi connectivity index (χ3v) is 2.20. The second kappa shape index (κ2) is 3.18. The smallest absolute Gasteiger partial charge is 0.404 e. The highest BCUT2D eigenvalue weighted by Crippen LogP contribution is 2.27. The van der Waals surface area contributed by atoms with Crippen LogP contribution in [0.4, 0.5) is 5.88 Å². The average Bonchev–Trinajstić information content (AvgIpc) is 2.75. The summed E-state index contributed by atoms with van der Waals surface area (Å²) in [6, 6.07) is 3.23. The molecule has 1 atom stereocenters. The summed E-state index contributed by atoms with van der Waals surface area (Å²) in [5.41, 5.74) is 0. The van der Waals surface area contributed by atoms with Gasteiger partial charge in [-0.2, -0.15) is 0 Å².